The molecule has 3 nitrogen and oxygen atoms in total. The summed E-state index contributed by atoms with van der Waals surface area (Å²) in [6, 6.07) is 18.0. The highest BCUT2D eigenvalue weighted by Crippen LogP contribution is 2.24. The Balaban J connectivity index is 2.09. The van der Waals surface area contributed by atoms with E-state index >= 15 is 0 Å². The highest BCUT2D eigenvalue weighted by Gasteiger charge is 2.12. The average Bonchev–Trinajstić information content (AvgIpc) is 2.93. The number of benzene rings is 2. The minimum absolute atomic E-state index is 0.263. The molecule has 0 radical (unpaired) electrons. The first-order chi connectivity index (χ1) is 10.3. The van der Waals surface area contributed by atoms with Crippen LogP contribution in [0.5, 0.6) is 0 Å². The van der Waals surface area contributed by atoms with Crippen molar-refractivity contribution in [2.75, 3.05) is 0 Å². The fourth-order valence-electron chi connectivity index (χ4n) is 2.19. The maximum absolute atomic E-state index is 13.0. The van der Waals surface area contributed by atoms with Crippen LogP contribution in [-0.2, 0) is 6.42 Å². The van der Waals surface area contributed by atoms with Gasteiger partial charge < -0.3 is 0 Å². The Bertz CT molecular complexity index is 783. The number of hydrogen-bond acceptors (Lipinski definition) is 2. The van der Waals surface area contributed by atoms with Gasteiger partial charge in [-0.15, -0.1) is 0 Å². The lowest BCUT2D eigenvalue weighted by atomic mass is 10.1. The predicted molar refractivity (Wildman–Crippen MR) is 78.3 cm³/mol. The molecular weight excluding hydrogens is 265 g/mol. The Morgan fingerprint density at radius 3 is 2.43 bits per heavy atom. The van der Waals surface area contributed by atoms with Crippen LogP contribution in [0.25, 0.3) is 16.9 Å². The molecule has 3 aromatic rings. The molecule has 21 heavy (non-hydrogen) atoms. The number of rotatable bonds is 3. The van der Waals surface area contributed by atoms with Crippen molar-refractivity contribution in [1.82, 2.24) is 9.78 Å². The van der Waals surface area contributed by atoms with E-state index < -0.39 is 0 Å². The van der Waals surface area contributed by atoms with Gasteiger partial charge >= 0.3 is 0 Å². The molecule has 0 N–H and O–H groups in total. The first-order valence-electron chi connectivity index (χ1n) is 6.55. The van der Waals surface area contributed by atoms with Crippen LogP contribution in [0, 0.1) is 17.1 Å². The lowest BCUT2D eigenvalue weighted by Gasteiger charge is -2.00. The van der Waals surface area contributed by atoms with Crippen molar-refractivity contribution < 1.29 is 4.39 Å². The smallest absolute Gasteiger partial charge is 0.123 e. The van der Waals surface area contributed by atoms with Crippen molar-refractivity contribution in [3.63, 3.8) is 0 Å². The SMILES string of the molecule is N#CCc1cn(-c2ccccc2)nc1-c1ccc(F)cc1. The van der Waals surface area contributed by atoms with Gasteiger partial charge in [-0.05, 0) is 36.4 Å². The van der Waals surface area contributed by atoms with Crippen molar-refractivity contribution in [2.45, 2.75) is 6.42 Å². The van der Waals surface area contributed by atoms with Gasteiger partial charge in [0.05, 0.1) is 23.9 Å². The summed E-state index contributed by atoms with van der Waals surface area (Å²) < 4.78 is 14.8. The van der Waals surface area contributed by atoms with E-state index in [4.69, 9.17) is 5.26 Å². The Hall–Kier alpha value is -2.93. The molecule has 0 fully saturated rings. The molecule has 0 atom stereocenters. The average molecular weight is 277 g/mol. The summed E-state index contributed by atoms with van der Waals surface area (Å²) in [6.45, 7) is 0. The van der Waals surface area contributed by atoms with Crippen molar-refractivity contribution in [2.24, 2.45) is 0 Å². The first-order valence-corrected chi connectivity index (χ1v) is 6.55. The second kappa shape index (κ2) is 5.59. The number of nitriles is 1. The zero-order valence-corrected chi connectivity index (χ0v) is 11.2. The lowest BCUT2D eigenvalue weighted by Crippen LogP contribution is -1.94. The molecule has 102 valence electrons. The summed E-state index contributed by atoms with van der Waals surface area (Å²) in [5, 5.41) is 13.5. The minimum Gasteiger partial charge on any atom is -0.240 e. The second-order valence-electron chi connectivity index (χ2n) is 4.62. The van der Waals surface area contributed by atoms with Crippen molar-refractivity contribution >= 4 is 0 Å². The Kier molecular flexibility index (Phi) is 3.48. The van der Waals surface area contributed by atoms with Crippen molar-refractivity contribution in [3.05, 3.63) is 72.2 Å². The standard InChI is InChI=1S/C17H12FN3/c18-15-8-6-13(7-9-15)17-14(10-11-19)12-21(20-17)16-4-2-1-3-5-16/h1-9,12H,10H2. The summed E-state index contributed by atoms with van der Waals surface area (Å²) in [6.07, 6.45) is 2.11. The predicted octanol–water partition coefficient (Wildman–Crippen LogP) is 3.74. The Morgan fingerprint density at radius 2 is 1.76 bits per heavy atom. The summed E-state index contributed by atoms with van der Waals surface area (Å²) in [4.78, 5) is 0. The molecule has 0 saturated heterocycles. The monoisotopic (exact) mass is 277 g/mol. The Morgan fingerprint density at radius 1 is 1.05 bits per heavy atom. The summed E-state index contributed by atoms with van der Waals surface area (Å²) in [7, 11) is 0. The van der Waals surface area contributed by atoms with Gasteiger partial charge in [0.25, 0.3) is 0 Å². The first kappa shape index (κ1) is 13.1. The summed E-state index contributed by atoms with van der Waals surface area (Å²) >= 11 is 0. The van der Waals surface area contributed by atoms with E-state index in [2.05, 4.69) is 11.2 Å². The van der Waals surface area contributed by atoms with Crippen molar-refractivity contribution in [3.8, 4) is 23.0 Å². The molecule has 2 aromatic carbocycles. The maximum Gasteiger partial charge on any atom is 0.123 e. The van der Waals surface area contributed by atoms with Gasteiger partial charge in [0, 0.05) is 17.3 Å². The molecule has 0 unspecified atom stereocenters. The highest BCUT2D eigenvalue weighted by molar-refractivity contribution is 5.63. The third kappa shape index (κ3) is 2.67. The molecule has 0 saturated carbocycles. The van der Waals surface area contributed by atoms with E-state index in [0.29, 0.717) is 5.69 Å². The number of nitrogens with zero attached hydrogens (tertiary/aromatic N) is 3. The molecule has 0 spiro atoms. The number of hydrogen-bond donors (Lipinski definition) is 0. The van der Waals surface area contributed by atoms with Crippen molar-refractivity contribution in [1.29, 1.82) is 5.26 Å². The summed E-state index contributed by atoms with van der Waals surface area (Å²) in [5.74, 6) is -0.289. The molecule has 1 heterocycles. The van der Waals surface area contributed by atoms with E-state index in [1.165, 1.54) is 12.1 Å². The molecule has 4 heteroatoms. The van der Waals surface area contributed by atoms with Crippen LogP contribution in [0.2, 0.25) is 0 Å². The Labute approximate surface area is 121 Å². The number of para-hydroxylation sites is 1. The van der Waals surface area contributed by atoms with Crippen LogP contribution in [0.3, 0.4) is 0 Å². The molecular formula is C17H12FN3. The fraction of sp³-hybridized carbons (Fsp3) is 0.0588. The quantitative estimate of drug-likeness (QED) is 0.731. The molecule has 0 aliphatic rings. The van der Waals surface area contributed by atoms with Gasteiger partial charge in [0.1, 0.15) is 5.82 Å². The third-order valence-electron chi connectivity index (χ3n) is 3.20. The normalized spacial score (nSPS) is 10.3. The van der Waals surface area contributed by atoms with Gasteiger partial charge in [-0.2, -0.15) is 10.4 Å². The van der Waals surface area contributed by atoms with Crippen LogP contribution in [0.1, 0.15) is 5.56 Å². The third-order valence-corrected chi connectivity index (χ3v) is 3.20. The lowest BCUT2D eigenvalue weighted by molar-refractivity contribution is 0.628. The zero-order valence-electron chi connectivity index (χ0n) is 11.2. The molecule has 3 rings (SSSR count). The van der Waals surface area contributed by atoms with E-state index in [1.807, 2.05) is 36.5 Å². The molecule has 0 aliphatic heterocycles. The topological polar surface area (TPSA) is 41.6 Å². The van der Waals surface area contributed by atoms with E-state index in [-0.39, 0.29) is 12.2 Å². The van der Waals surface area contributed by atoms with Crippen LogP contribution >= 0.6 is 0 Å². The molecule has 0 amide bonds. The van der Waals surface area contributed by atoms with Crippen LogP contribution in [0.15, 0.2) is 60.8 Å². The number of aromatic nitrogens is 2. The van der Waals surface area contributed by atoms with Crippen LogP contribution in [-0.4, -0.2) is 9.78 Å². The van der Waals surface area contributed by atoms with Gasteiger partial charge in [0.2, 0.25) is 0 Å². The second-order valence-corrected chi connectivity index (χ2v) is 4.62. The largest absolute Gasteiger partial charge is 0.240 e. The fourth-order valence-corrected chi connectivity index (χ4v) is 2.19. The van der Waals surface area contributed by atoms with Crippen LogP contribution in [0.4, 0.5) is 4.39 Å². The zero-order chi connectivity index (χ0) is 14.7. The molecule has 1 aromatic heterocycles. The van der Waals surface area contributed by atoms with Gasteiger partial charge in [-0.1, -0.05) is 18.2 Å². The van der Waals surface area contributed by atoms with Gasteiger partial charge in [-0.3, -0.25) is 0 Å². The molecule has 0 bridgehead atoms. The van der Waals surface area contributed by atoms with E-state index in [0.717, 1.165) is 16.8 Å². The summed E-state index contributed by atoms with van der Waals surface area (Å²) in [5.41, 5.74) is 3.26. The van der Waals surface area contributed by atoms with Crippen LogP contribution < -0.4 is 0 Å². The van der Waals surface area contributed by atoms with Gasteiger partial charge in [-0.25, -0.2) is 9.07 Å². The number of halogens is 1. The van der Waals surface area contributed by atoms with Gasteiger partial charge in [0.15, 0.2) is 0 Å². The minimum atomic E-state index is -0.289. The van der Waals surface area contributed by atoms with E-state index in [1.54, 1.807) is 16.8 Å². The maximum atomic E-state index is 13.0. The van der Waals surface area contributed by atoms with E-state index in [9.17, 15) is 4.39 Å². The molecule has 0 aliphatic carbocycles. The highest BCUT2D eigenvalue weighted by atomic mass is 19.1.